The Kier molecular flexibility index (Phi) is 3.58. The predicted molar refractivity (Wildman–Crippen MR) is 80.4 cm³/mol. The van der Waals surface area contributed by atoms with Crippen LogP contribution in [-0.4, -0.2) is 4.98 Å². The van der Waals surface area contributed by atoms with Crippen LogP contribution in [0.3, 0.4) is 0 Å². The molecule has 0 aliphatic carbocycles. The average Bonchev–Trinajstić information content (AvgIpc) is 2.70. The van der Waals surface area contributed by atoms with Gasteiger partial charge in [-0.1, -0.05) is 52.0 Å². The Morgan fingerprint density at radius 3 is 2.17 bits per heavy atom. The first kappa shape index (κ1) is 13.3. The highest BCUT2D eigenvalue weighted by atomic mass is 32.1. The molecule has 2 heteroatoms. The third kappa shape index (κ3) is 2.64. The molecule has 0 saturated heterocycles. The maximum absolute atomic E-state index is 4.60. The molecule has 1 aromatic heterocycles. The van der Waals surface area contributed by atoms with Crippen LogP contribution in [0.15, 0.2) is 24.3 Å². The number of thiazole rings is 1. The Labute approximate surface area is 114 Å². The van der Waals surface area contributed by atoms with E-state index in [9.17, 15) is 0 Å². The number of benzene rings is 1. The van der Waals surface area contributed by atoms with E-state index >= 15 is 0 Å². The van der Waals surface area contributed by atoms with Crippen LogP contribution in [-0.2, 0) is 11.8 Å². The molecule has 0 bridgehead atoms. The molecular formula is C16H21NS. The van der Waals surface area contributed by atoms with Crippen LogP contribution in [0.5, 0.6) is 0 Å². The van der Waals surface area contributed by atoms with Crippen LogP contribution >= 0.6 is 11.3 Å². The molecule has 0 saturated carbocycles. The lowest BCUT2D eigenvalue weighted by Gasteiger charge is -2.19. The van der Waals surface area contributed by atoms with Crippen molar-refractivity contribution in [1.82, 2.24) is 4.98 Å². The highest BCUT2D eigenvalue weighted by molar-refractivity contribution is 7.15. The summed E-state index contributed by atoms with van der Waals surface area (Å²) in [7, 11) is 0. The van der Waals surface area contributed by atoms with Crippen molar-refractivity contribution in [2.45, 2.75) is 46.5 Å². The first-order valence-corrected chi connectivity index (χ1v) is 7.30. The number of hydrogen-bond acceptors (Lipinski definition) is 2. The molecule has 2 rings (SSSR count). The van der Waals surface area contributed by atoms with E-state index in [2.05, 4.69) is 63.9 Å². The zero-order valence-electron chi connectivity index (χ0n) is 11.9. The summed E-state index contributed by atoms with van der Waals surface area (Å²) in [5.74, 6) is 0. The van der Waals surface area contributed by atoms with Crippen LogP contribution < -0.4 is 0 Å². The van der Waals surface area contributed by atoms with E-state index in [4.69, 9.17) is 0 Å². The molecule has 1 aromatic carbocycles. The van der Waals surface area contributed by atoms with Crippen molar-refractivity contribution in [3.05, 3.63) is 40.5 Å². The molecule has 1 nitrogen and oxygen atoms in total. The van der Waals surface area contributed by atoms with E-state index in [0.29, 0.717) is 0 Å². The van der Waals surface area contributed by atoms with Gasteiger partial charge >= 0.3 is 0 Å². The van der Waals surface area contributed by atoms with E-state index in [-0.39, 0.29) is 5.41 Å². The highest BCUT2D eigenvalue weighted by Gasteiger charge is 2.14. The first-order chi connectivity index (χ1) is 8.41. The van der Waals surface area contributed by atoms with Gasteiger partial charge in [0, 0.05) is 0 Å². The topological polar surface area (TPSA) is 12.9 Å². The van der Waals surface area contributed by atoms with Gasteiger partial charge in [0.15, 0.2) is 0 Å². The van der Waals surface area contributed by atoms with Crippen LogP contribution in [0.2, 0.25) is 0 Å². The van der Waals surface area contributed by atoms with Gasteiger partial charge in [0.2, 0.25) is 0 Å². The molecule has 0 atom stereocenters. The predicted octanol–water partition coefficient (Wildman–Crippen LogP) is 4.98. The van der Waals surface area contributed by atoms with Gasteiger partial charge in [0.25, 0.3) is 0 Å². The maximum atomic E-state index is 4.60. The quantitative estimate of drug-likeness (QED) is 0.741. The number of aromatic nitrogens is 1. The van der Waals surface area contributed by atoms with Gasteiger partial charge in [-0.05, 0) is 29.9 Å². The molecule has 0 N–H and O–H groups in total. The van der Waals surface area contributed by atoms with E-state index < -0.39 is 0 Å². The molecule has 96 valence electrons. The molecule has 0 aliphatic rings. The van der Waals surface area contributed by atoms with Crippen molar-refractivity contribution in [2.75, 3.05) is 0 Å². The molecule has 0 spiro atoms. The molecule has 0 fully saturated rings. The third-order valence-electron chi connectivity index (χ3n) is 3.16. The molecule has 0 radical (unpaired) electrons. The molecule has 0 unspecified atom stereocenters. The monoisotopic (exact) mass is 259 g/mol. The molecule has 2 aromatic rings. The van der Waals surface area contributed by atoms with Gasteiger partial charge in [-0.2, -0.15) is 0 Å². The summed E-state index contributed by atoms with van der Waals surface area (Å²) in [6.07, 6.45) is 1.02. The van der Waals surface area contributed by atoms with Crippen LogP contribution in [0, 0.1) is 6.92 Å². The van der Waals surface area contributed by atoms with Crippen molar-refractivity contribution in [2.24, 2.45) is 0 Å². The summed E-state index contributed by atoms with van der Waals surface area (Å²) in [5.41, 5.74) is 4.04. The summed E-state index contributed by atoms with van der Waals surface area (Å²) in [5, 5.41) is 1.22. The zero-order chi connectivity index (χ0) is 13.3. The van der Waals surface area contributed by atoms with E-state index in [1.54, 1.807) is 0 Å². The lowest BCUT2D eigenvalue weighted by Crippen LogP contribution is -2.10. The minimum Gasteiger partial charge on any atom is -0.246 e. The number of rotatable bonds is 2. The zero-order valence-corrected chi connectivity index (χ0v) is 12.7. The first-order valence-electron chi connectivity index (χ1n) is 6.49. The van der Waals surface area contributed by atoms with Gasteiger partial charge in [-0.3, -0.25) is 0 Å². The summed E-state index contributed by atoms with van der Waals surface area (Å²) < 4.78 is 0. The summed E-state index contributed by atoms with van der Waals surface area (Å²) >= 11 is 1.81. The van der Waals surface area contributed by atoms with Crippen LogP contribution in [0.4, 0.5) is 0 Å². The number of nitrogens with zero attached hydrogens (tertiary/aromatic N) is 1. The van der Waals surface area contributed by atoms with Crippen molar-refractivity contribution >= 4 is 11.3 Å². The van der Waals surface area contributed by atoms with E-state index in [1.807, 2.05) is 11.3 Å². The summed E-state index contributed by atoms with van der Waals surface area (Å²) in [4.78, 5) is 5.91. The summed E-state index contributed by atoms with van der Waals surface area (Å²) in [6.45, 7) is 11.0. The minimum atomic E-state index is 0.218. The van der Waals surface area contributed by atoms with Crippen LogP contribution in [0.1, 0.15) is 44.0 Å². The van der Waals surface area contributed by atoms with E-state index in [1.165, 1.54) is 21.0 Å². The Balaban J connectivity index is 2.37. The fourth-order valence-electron chi connectivity index (χ4n) is 1.99. The fourth-order valence-corrected chi connectivity index (χ4v) is 3.00. The average molecular weight is 259 g/mol. The lowest BCUT2D eigenvalue weighted by molar-refractivity contribution is 0.590. The number of aryl methyl sites for hydroxylation is 2. The van der Waals surface area contributed by atoms with Crippen molar-refractivity contribution in [1.29, 1.82) is 0 Å². The second kappa shape index (κ2) is 4.85. The maximum Gasteiger partial charge on any atom is 0.0931 e. The Bertz CT molecular complexity index is 529. The van der Waals surface area contributed by atoms with Gasteiger partial charge in [0.1, 0.15) is 0 Å². The Morgan fingerprint density at radius 2 is 1.72 bits per heavy atom. The van der Waals surface area contributed by atoms with Gasteiger partial charge in [-0.15, -0.1) is 11.3 Å². The van der Waals surface area contributed by atoms with Crippen molar-refractivity contribution < 1.29 is 0 Å². The Hall–Kier alpha value is -1.15. The molecule has 18 heavy (non-hydrogen) atoms. The van der Waals surface area contributed by atoms with Gasteiger partial charge in [0.05, 0.1) is 15.6 Å². The molecule has 0 aliphatic heterocycles. The second-order valence-electron chi connectivity index (χ2n) is 5.70. The molecule has 1 heterocycles. The van der Waals surface area contributed by atoms with Crippen LogP contribution in [0.25, 0.3) is 10.4 Å². The minimum absolute atomic E-state index is 0.218. The van der Waals surface area contributed by atoms with Gasteiger partial charge < -0.3 is 0 Å². The lowest BCUT2D eigenvalue weighted by atomic mass is 9.86. The molecular weight excluding hydrogens is 238 g/mol. The second-order valence-corrected chi connectivity index (χ2v) is 6.79. The SMILES string of the molecule is CCc1nc(C)c(-c2ccc(C(C)(C)C)cc2)s1. The fraction of sp³-hybridized carbons (Fsp3) is 0.438. The molecule has 0 amide bonds. The van der Waals surface area contributed by atoms with Crippen molar-refractivity contribution in [3.63, 3.8) is 0 Å². The largest absolute Gasteiger partial charge is 0.246 e. The third-order valence-corrected chi connectivity index (χ3v) is 4.51. The highest BCUT2D eigenvalue weighted by Crippen LogP contribution is 2.32. The smallest absolute Gasteiger partial charge is 0.0931 e. The standard InChI is InChI=1S/C16H21NS/c1-6-14-17-11(2)15(18-14)12-7-9-13(10-8-12)16(3,4)5/h7-10H,6H2,1-5H3. The number of hydrogen-bond donors (Lipinski definition) is 0. The Morgan fingerprint density at radius 1 is 1.11 bits per heavy atom. The normalized spacial score (nSPS) is 11.8. The van der Waals surface area contributed by atoms with E-state index in [0.717, 1.165) is 12.1 Å². The van der Waals surface area contributed by atoms with Crippen molar-refractivity contribution in [3.8, 4) is 10.4 Å². The van der Waals surface area contributed by atoms with Gasteiger partial charge in [-0.25, -0.2) is 4.98 Å². The summed E-state index contributed by atoms with van der Waals surface area (Å²) in [6, 6.07) is 8.92.